The third-order valence-electron chi connectivity index (χ3n) is 2.99. The summed E-state index contributed by atoms with van der Waals surface area (Å²) in [5.74, 6) is -0.0507. The van der Waals surface area contributed by atoms with Gasteiger partial charge in [0, 0.05) is 28.9 Å². The average Bonchev–Trinajstić information content (AvgIpc) is 2.43. The first-order valence-corrected chi connectivity index (χ1v) is 7.70. The Labute approximate surface area is 130 Å². The third-order valence-corrected chi connectivity index (χ3v) is 4.11. The number of anilines is 1. The first kappa shape index (κ1) is 15.6. The Hall–Kier alpha value is -1.78. The number of hydrogen-bond donors (Lipinski definition) is 2. The minimum atomic E-state index is -0.0507. The van der Waals surface area contributed by atoms with Gasteiger partial charge in [-0.15, -0.1) is 0 Å². The van der Waals surface area contributed by atoms with Crippen LogP contribution in [0.15, 0.2) is 52.3 Å². The van der Waals surface area contributed by atoms with Gasteiger partial charge in [0.15, 0.2) is 0 Å². The van der Waals surface area contributed by atoms with Gasteiger partial charge >= 0.3 is 0 Å². The predicted octanol–water partition coefficient (Wildman–Crippen LogP) is 3.82. The largest absolute Gasteiger partial charge is 0.326 e. The van der Waals surface area contributed by atoms with Crippen LogP contribution in [-0.2, 0) is 11.3 Å². The van der Waals surface area contributed by atoms with Gasteiger partial charge in [0.05, 0.1) is 0 Å². The van der Waals surface area contributed by atoms with Crippen molar-refractivity contribution >= 4 is 23.4 Å². The van der Waals surface area contributed by atoms with E-state index in [2.05, 4.69) is 35.8 Å². The van der Waals surface area contributed by atoms with E-state index in [1.165, 1.54) is 22.9 Å². The normalized spacial score (nSPS) is 10.4. The minimum Gasteiger partial charge on any atom is -0.326 e. The fourth-order valence-corrected chi connectivity index (χ4v) is 3.00. The van der Waals surface area contributed by atoms with Crippen LogP contribution in [0, 0.1) is 6.92 Å². The van der Waals surface area contributed by atoms with Gasteiger partial charge in [-0.25, -0.2) is 0 Å². The summed E-state index contributed by atoms with van der Waals surface area (Å²) < 4.78 is 0. The SMILES string of the molecule is CNCc1cc(C)ccc1Sc1ccc(NC(C)=O)cc1. The lowest BCUT2D eigenvalue weighted by Crippen LogP contribution is -2.06. The molecule has 0 aliphatic carbocycles. The molecule has 0 bridgehead atoms. The van der Waals surface area contributed by atoms with E-state index in [1.54, 1.807) is 11.8 Å². The Bertz CT molecular complexity index is 623. The molecule has 2 aromatic rings. The second-order valence-electron chi connectivity index (χ2n) is 4.95. The summed E-state index contributed by atoms with van der Waals surface area (Å²) in [6, 6.07) is 14.4. The number of nitrogens with one attached hydrogen (secondary N) is 2. The molecule has 0 heterocycles. The molecule has 2 N–H and O–H groups in total. The van der Waals surface area contributed by atoms with Gasteiger partial charge in [-0.3, -0.25) is 4.79 Å². The van der Waals surface area contributed by atoms with E-state index in [4.69, 9.17) is 0 Å². The van der Waals surface area contributed by atoms with Crippen molar-refractivity contribution in [3.63, 3.8) is 0 Å². The summed E-state index contributed by atoms with van der Waals surface area (Å²) in [6.07, 6.45) is 0. The van der Waals surface area contributed by atoms with Crippen LogP contribution in [0.25, 0.3) is 0 Å². The Morgan fingerprint density at radius 2 is 1.86 bits per heavy atom. The Balaban J connectivity index is 2.16. The predicted molar refractivity (Wildman–Crippen MR) is 88.8 cm³/mol. The van der Waals surface area contributed by atoms with Crippen molar-refractivity contribution in [1.82, 2.24) is 5.32 Å². The molecule has 0 aromatic heterocycles. The van der Waals surface area contributed by atoms with Gasteiger partial charge < -0.3 is 10.6 Å². The molecule has 3 nitrogen and oxygen atoms in total. The van der Waals surface area contributed by atoms with Crippen molar-refractivity contribution < 1.29 is 4.79 Å². The number of carbonyl (C=O) groups is 1. The van der Waals surface area contributed by atoms with Crippen molar-refractivity contribution in [3.8, 4) is 0 Å². The molecule has 0 spiro atoms. The first-order valence-electron chi connectivity index (χ1n) is 6.88. The summed E-state index contributed by atoms with van der Waals surface area (Å²) >= 11 is 1.74. The van der Waals surface area contributed by atoms with E-state index in [9.17, 15) is 4.79 Å². The minimum absolute atomic E-state index is 0.0507. The Morgan fingerprint density at radius 1 is 1.14 bits per heavy atom. The number of rotatable bonds is 5. The maximum absolute atomic E-state index is 11.0. The number of benzene rings is 2. The van der Waals surface area contributed by atoms with Crippen molar-refractivity contribution in [2.45, 2.75) is 30.2 Å². The van der Waals surface area contributed by atoms with Crippen molar-refractivity contribution in [3.05, 3.63) is 53.6 Å². The van der Waals surface area contributed by atoms with E-state index in [0.29, 0.717) is 0 Å². The van der Waals surface area contributed by atoms with E-state index in [0.717, 1.165) is 17.1 Å². The lowest BCUT2D eigenvalue weighted by molar-refractivity contribution is -0.114. The Kier molecular flexibility index (Phi) is 5.42. The first-order chi connectivity index (χ1) is 10.1. The van der Waals surface area contributed by atoms with Gasteiger partial charge in [0.25, 0.3) is 0 Å². The molecule has 0 aliphatic heterocycles. The fourth-order valence-electron chi connectivity index (χ4n) is 2.07. The molecular formula is C17H20N2OS. The summed E-state index contributed by atoms with van der Waals surface area (Å²) in [7, 11) is 1.96. The highest BCUT2D eigenvalue weighted by Crippen LogP contribution is 2.31. The van der Waals surface area contributed by atoms with Gasteiger partial charge in [0.2, 0.25) is 5.91 Å². The highest BCUT2D eigenvalue weighted by Gasteiger charge is 2.05. The molecule has 0 aliphatic rings. The maximum atomic E-state index is 11.0. The zero-order chi connectivity index (χ0) is 15.2. The highest BCUT2D eigenvalue weighted by molar-refractivity contribution is 7.99. The standard InChI is InChI=1S/C17H20N2OS/c1-12-4-9-17(14(10-12)11-18-3)21-16-7-5-15(6-8-16)19-13(2)20/h4-10,18H,11H2,1-3H3,(H,19,20). The zero-order valence-corrected chi connectivity index (χ0v) is 13.4. The van der Waals surface area contributed by atoms with Crippen LogP contribution in [0.5, 0.6) is 0 Å². The molecule has 0 atom stereocenters. The lowest BCUT2D eigenvalue weighted by atomic mass is 10.1. The molecule has 0 radical (unpaired) electrons. The molecule has 0 unspecified atom stereocenters. The molecule has 2 rings (SSSR count). The van der Waals surface area contributed by atoms with Crippen LogP contribution < -0.4 is 10.6 Å². The van der Waals surface area contributed by atoms with Gasteiger partial charge in [-0.05, 0) is 49.9 Å². The molecule has 110 valence electrons. The van der Waals surface area contributed by atoms with Gasteiger partial charge in [0.1, 0.15) is 0 Å². The monoisotopic (exact) mass is 300 g/mol. The van der Waals surface area contributed by atoms with Gasteiger partial charge in [-0.1, -0.05) is 29.5 Å². The molecule has 0 fully saturated rings. The lowest BCUT2D eigenvalue weighted by Gasteiger charge is -2.10. The quantitative estimate of drug-likeness (QED) is 0.882. The molecule has 2 aromatic carbocycles. The van der Waals surface area contributed by atoms with E-state index >= 15 is 0 Å². The van der Waals surface area contributed by atoms with Crippen LogP contribution >= 0.6 is 11.8 Å². The smallest absolute Gasteiger partial charge is 0.221 e. The van der Waals surface area contributed by atoms with E-state index < -0.39 is 0 Å². The summed E-state index contributed by atoms with van der Waals surface area (Å²) in [4.78, 5) is 13.4. The van der Waals surface area contributed by atoms with Crippen molar-refractivity contribution in [2.24, 2.45) is 0 Å². The molecule has 1 amide bonds. The molecule has 0 saturated carbocycles. The number of aryl methyl sites for hydroxylation is 1. The maximum Gasteiger partial charge on any atom is 0.221 e. The van der Waals surface area contributed by atoms with E-state index in [1.807, 2.05) is 31.3 Å². The summed E-state index contributed by atoms with van der Waals surface area (Å²) in [6.45, 7) is 4.48. The molecular weight excluding hydrogens is 280 g/mol. The second kappa shape index (κ2) is 7.29. The van der Waals surface area contributed by atoms with Crippen LogP contribution in [0.3, 0.4) is 0 Å². The number of carbonyl (C=O) groups excluding carboxylic acids is 1. The summed E-state index contributed by atoms with van der Waals surface area (Å²) in [5.41, 5.74) is 3.39. The molecule has 4 heteroatoms. The van der Waals surface area contributed by atoms with Crippen LogP contribution in [0.4, 0.5) is 5.69 Å². The molecule has 0 saturated heterocycles. The van der Waals surface area contributed by atoms with Crippen molar-refractivity contribution in [2.75, 3.05) is 12.4 Å². The van der Waals surface area contributed by atoms with Crippen molar-refractivity contribution in [1.29, 1.82) is 0 Å². The molecule has 21 heavy (non-hydrogen) atoms. The Morgan fingerprint density at radius 3 is 2.48 bits per heavy atom. The fraction of sp³-hybridized carbons (Fsp3) is 0.235. The number of hydrogen-bond acceptors (Lipinski definition) is 3. The average molecular weight is 300 g/mol. The summed E-state index contributed by atoms with van der Waals surface area (Å²) in [5, 5.41) is 5.98. The van der Waals surface area contributed by atoms with Gasteiger partial charge in [-0.2, -0.15) is 0 Å². The van der Waals surface area contributed by atoms with Crippen LogP contribution in [-0.4, -0.2) is 13.0 Å². The topological polar surface area (TPSA) is 41.1 Å². The third kappa shape index (κ3) is 4.62. The zero-order valence-electron chi connectivity index (χ0n) is 12.6. The second-order valence-corrected chi connectivity index (χ2v) is 6.06. The van der Waals surface area contributed by atoms with E-state index in [-0.39, 0.29) is 5.91 Å². The highest BCUT2D eigenvalue weighted by atomic mass is 32.2. The van der Waals surface area contributed by atoms with Crippen LogP contribution in [0.1, 0.15) is 18.1 Å². The van der Waals surface area contributed by atoms with Crippen LogP contribution in [0.2, 0.25) is 0 Å². The number of amides is 1.